The minimum Gasteiger partial charge on any atom is -0.477 e. The highest BCUT2D eigenvalue weighted by Gasteiger charge is 2.18. The molecule has 104 valence electrons. The molecule has 0 aliphatic carbocycles. The van der Waals surface area contributed by atoms with E-state index < -0.39 is 11.9 Å². The maximum absolute atomic E-state index is 11.8. The second-order valence-corrected chi connectivity index (χ2v) is 5.02. The van der Waals surface area contributed by atoms with Crippen LogP contribution in [0.3, 0.4) is 0 Å². The highest BCUT2D eigenvalue weighted by atomic mass is 32.2. The number of amides is 1. The molecular weight excluding hydrogens is 278 g/mol. The van der Waals surface area contributed by atoms with Gasteiger partial charge in [-0.25, -0.2) is 9.78 Å². The molecule has 0 atom stereocenters. The van der Waals surface area contributed by atoms with Crippen molar-refractivity contribution in [3.05, 3.63) is 48.0 Å². The third kappa shape index (κ3) is 3.61. The minimum absolute atomic E-state index is 0.0952. The lowest BCUT2D eigenvalue weighted by atomic mass is 10.3. The Morgan fingerprint density at radius 1 is 1.30 bits per heavy atom. The molecule has 0 spiro atoms. The number of rotatable bonds is 6. The molecule has 3 N–H and O–H groups in total. The number of benzene rings is 1. The van der Waals surface area contributed by atoms with Gasteiger partial charge in [0.1, 0.15) is 0 Å². The number of aromatic carboxylic acids is 1. The summed E-state index contributed by atoms with van der Waals surface area (Å²) in [7, 11) is 0. The van der Waals surface area contributed by atoms with Crippen LogP contribution in [0.25, 0.3) is 0 Å². The van der Waals surface area contributed by atoms with Crippen LogP contribution in [0.4, 0.5) is 0 Å². The molecule has 0 fully saturated rings. The van der Waals surface area contributed by atoms with Crippen LogP contribution in [-0.2, 0) is 0 Å². The molecule has 6 nitrogen and oxygen atoms in total. The van der Waals surface area contributed by atoms with Gasteiger partial charge in [0.2, 0.25) is 0 Å². The summed E-state index contributed by atoms with van der Waals surface area (Å²) in [5.74, 6) is -0.994. The molecule has 0 aliphatic heterocycles. The van der Waals surface area contributed by atoms with Crippen molar-refractivity contribution in [2.75, 3.05) is 12.3 Å². The monoisotopic (exact) mass is 291 g/mol. The van der Waals surface area contributed by atoms with Crippen molar-refractivity contribution in [1.29, 1.82) is 0 Å². The molecule has 0 saturated carbocycles. The number of nitrogens with zero attached hydrogens (tertiary/aromatic N) is 1. The van der Waals surface area contributed by atoms with Crippen molar-refractivity contribution in [3.63, 3.8) is 0 Å². The van der Waals surface area contributed by atoms with Gasteiger partial charge in [0.15, 0.2) is 11.4 Å². The number of H-pyrrole nitrogens is 1. The maximum Gasteiger partial charge on any atom is 0.354 e. The Balaban J connectivity index is 1.81. The van der Waals surface area contributed by atoms with E-state index in [9.17, 15) is 9.59 Å². The van der Waals surface area contributed by atoms with Crippen molar-refractivity contribution in [3.8, 4) is 0 Å². The van der Waals surface area contributed by atoms with E-state index in [1.807, 2.05) is 30.3 Å². The zero-order chi connectivity index (χ0) is 14.4. The van der Waals surface area contributed by atoms with E-state index in [1.165, 1.54) is 6.33 Å². The van der Waals surface area contributed by atoms with E-state index >= 15 is 0 Å². The fourth-order valence-corrected chi connectivity index (χ4v) is 2.35. The van der Waals surface area contributed by atoms with Gasteiger partial charge in [-0.1, -0.05) is 18.2 Å². The average molecular weight is 291 g/mol. The summed E-state index contributed by atoms with van der Waals surface area (Å²) in [5.41, 5.74) is -0.291. The van der Waals surface area contributed by atoms with Crippen LogP contribution in [0.5, 0.6) is 0 Å². The molecule has 0 aliphatic rings. The average Bonchev–Trinajstić information content (AvgIpc) is 2.94. The largest absolute Gasteiger partial charge is 0.477 e. The number of aromatic amines is 1. The standard InChI is InChI=1S/C13H13N3O3S/c17-12(10-11(13(18)19)16-8-15-10)14-6-7-20-9-4-2-1-3-5-9/h1-5,8H,6-7H2,(H,14,17)(H,15,16)(H,18,19). The SMILES string of the molecule is O=C(NCCSc1ccccc1)c1nc[nH]c1C(=O)O. The lowest BCUT2D eigenvalue weighted by Crippen LogP contribution is -2.27. The Bertz CT molecular complexity index is 598. The highest BCUT2D eigenvalue weighted by Crippen LogP contribution is 2.15. The summed E-state index contributed by atoms with van der Waals surface area (Å²) in [6.45, 7) is 0.435. The number of thioether (sulfide) groups is 1. The van der Waals surface area contributed by atoms with E-state index in [0.29, 0.717) is 12.3 Å². The summed E-state index contributed by atoms with van der Waals surface area (Å²) in [5, 5.41) is 11.5. The van der Waals surface area contributed by atoms with Crippen molar-refractivity contribution < 1.29 is 14.7 Å². The van der Waals surface area contributed by atoms with Crippen LogP contribution >= 0.6 is 11.8 Å². The van der Waals surface area contributed by atoms with Crippen LogP contribution in [0, 0.1) is 0 Å². The fraction of sp³-hybridized carbons (Fsp3) is 0.154. The Hall–Kier alpha value is -2.28. The van der Waals surface area contributed by atoms with E-state index in [1.54, 1.807) is 11.8 Å². The van der Waals surface area contributed by atoms with Crippen LogP contribution in [0.1, 0.15) is 21.0 Å². The van der Waals surface area contributed by atoms with E-state index in [4.69, 9.17) is 5.11 Å². The number of carbonyl (C=O) groups excluding carboxylic acids is 1. The summed E-state index contributed by atoms with van der Waals surface area (Å²) in [6.07, 6.45) is 1.19. The van der Waals surface area contributed by atoms with Gasteiger partial charge in [-0.2, -0.15) is 0 Å². The third-order valence-corrected chi connectivity index (χ3v) is 3.48. The van der Waals surface area contributed by atoms with Gasteiger partial charge >= 0.3 is 5.97 Å². The molecule has 0 radical (unpaired) electrons. The van der Waals surface area contributed by atoms with E-state index in [2.05, 4.69) is 15.3 Å². The summed E-state index contributed by atoms with van der Waals surface area (Å²) in [4.78, 5) is 29.9. The van der Waals surface area contributed by atoms with Gasteiger partial charge in [0, 0.05) is 17.2 Å². The third-order valence-electron chi connectivity index (χ3n) is 2.47. The molecule has 2 aromatic rings. The van der Waals surface area contributed by atoms with E-state index in [-0.39, 0.29) is 11.4 Å². The predicted molar refractivity (Wildman–Crippen MR) is 75.0 cm³/mol. The highest BCUT2D eigenvalue weighted by molar-refractivity contribution is 7.99. The Morgan fingerprint density at radius 3 is 2.75 bits per heavy atom. The number of nitrogens with one attached hydrogen (secondary N) is 2. The zero-order valence-corrected chi connectivity index (χ0v) is 11.3. The van der Waals surface area contributed by atoms with Crippen molar-refractivity contribution in [1.82, 2.24) is 15.3 Å². The number of imidazole rings is 1. The fourth-order valence-electron chi connectivity index (χ4n) is 1.56. The minimum atomic E-state index is -1.20. The molecule has 20 heavy (non-hydrogen) atoms. The van der Waals surface area contributed by atoms with Gasteiger partial charge in [-0.05, 0) is 12.1 Å². The number of carbonyl (C=O) groups is 2. The first-order valence-electron chi connectivity index (χ1n) is 5.91. The molecule has 0 bridgehead atoms. The first-order chi connectivity index (χ1) is 9.68. The summed E-state index contributed by atoms with van der Waals surface area (Å²) >= 11 is 1.61. The van der Waals surface area contributed by atoms with Gasteiger partial charge in [-0.3, -0.25) is 4.79 Å². The maximum atomic E-state index is 11.8. The van der Waals surface area contributed by atoms with Gasteiger partial charge in [0.05, 0.1) is 6.33 Å². The zero-order valence-electron chi connectivity index (χ0n) is 10.5. The van der Waals surface area contributed by atoms with Gasteiger partial charge in [-0.15, -0.1) is 11.8 Å². The van der Waals surface area contributed by atoms with Crippen LogP contribution in [0.2, 0.25) is 0 Å². The molecule has 1 aromatic heterocycles. The summed E-state index contributed by atoms with van der Waals surface area (Å²) in [6, 6.07) is 9.82. The normalized spacial score (nSPS) is 10.2. The van der Waals surface area contributed by atoms with Crippen LogP contribution in [-0.4, -0.2) is 39.2 Å². The molecule has 0 saturated heterocycles. The second kappa shape index (κ2) is 6.76. The smallest absolute Gasteiger partial charge is 0.354 e. The Morgan fingerprint density at radius 2 is 2.05 bits per heavy atom. The van der Waals surface area contributed by atoms with Gasteiger partial charge < -0.3 is 15.4 Å². The molecule has 0 unspecified atom stereocenters. The molecule has 1 heterocycles. The molecule has 1 amide bonds. The number of aromatic nitrogens is 2. The Kier molecular flexibility index (Phi) is 4.78. The van der Waals surface area contributed by atoms with E-state index in [0.717, 1.165) is 4.90 Å². The van der Waals surface area contributed by atoms with Crippen LogP contribution in [0.15, 0.2) is 41.6 Å². The molecule has 1 aromatic carbocycles. The summed E-state index contributed by atoms with van der Waals surface area (Å²) < 4.78 is 0. The number of carboxylic acid groups (broad SMARTS) is 1. The van der Waals surface area contributed by atoms with Crippen LogP contribution < -0.4 is 5.32 Å². The topological polar surface area (TPSA) is 95.1 Å². The number of hydrogen-bond acceptors (Lipinski definition) is 4. The molecular formula is C13H13N3O3S. The first kappa shape index (κ1) is 14.1. The van der Waals surface area contributed by atoms with Gasteiger partial charge in [0.25, 0.3) is 5.91 Å². The number of carboxylic acids is 1. The van der Waals surface area contributed by atoms with Crippen molar-refractivity contribution >= 4 is 23.6 Å². The predicted octanol–water partition coefficient (Wildman–Crippen LogP) is 1.63. The quantitative estimate of drug-likeness (QED) is 0.555. The Labute approximate surface area is 119 Å². The van der Waals surface area contributed by atoms with Crippen molar-refractivity contribution in [2.24, 2.45) is 0 Å². The second-order valence-electron chi connectivity index (χ2n) is 3.85. The number of hydrogen-bond donors (Lipinski definition) is 3. The lowest BCUT2D eigenvalue weighted by Gasteiger charge is -2.04. The lowest BCUT2D eigenvalue weighted by molar-refractivity contribution is 0.0685. The van der Waals surface area contributed by atoms with Crippen molar-refractivity contribution in [2.45, 2.75) is 4.90 Å². The molecule has 7 heteroatoms. The first-order valence-corrected chi connectivity index (χ1v) is 6.89. The molecule has 2 rings (SSSR count).